The minimum atomic E-state index is -0.0966. The van der Waals surface area contributed by atoms with E-state index in [9.17, 15) is 0 Å². The number of fused-ring (bicyclic) bond motifs is 7. The standard InChI is InChI=1S/C61H49NS/c1-61(2)53-31-10-6-25-52(53)59-50(29-17-32-54(59)61)47-23-8-12-34-56(47)62(43-38-36-41(37-39-43)45-27-16-30-51-48-24-9-13-35-57(48)63-60(45)51)55-33-11-7-22-46(55)49-28-15-21-42-20-14-26-44(58(42)49)40-18-4-3-5-19-40/h6-17,20-40H,3-5,18-19H2,1-2H3. The molecule has 1 heterocycles. The molecule has 0 unspecified atom stereocenters. The van der Waals surface area contributed by atoms with Crippen molar-refractivity contribution in [3.63, 3.8) is 0 Å². The van der Waals surface area contributed by atoms with Crippen molar-refractivity contribution >= 4 is 59.3 Å². The number of hydrogen-bond acceptors (Lipinski definition) is 2. The van der Waals surface area contributed by atoms with Crippen LogP contribution in [0.5, 0.6) is 0 Å². The normalized spacial score (nSPS) is 14.6. The Morgan fingerprint density at radius 3 is 1.83 bits per heavy atom. The number of anilines is 3. The van der Waals surface area contributed by atoms with Crippen LogP contribution >= 0.6 is 11.3 Å². The van der Waals surface area contributed by atoms with Crippen LogP contribution in [0.3, 0.4) is 0 Å². The average molecular weight is 828 g/mol. The first-order chi connectivity index (χ1) is 31.0. The molecule has 2 aliphatic rings. The number of benzene rings is 9. The molecule has 0 radical (unpaired) electrons. The van der Waals surface area contributed by atoms with Crippen LogP contribution in [0.4, 0.5) is 17.1 Å². The van der Waals surface area contributed by atoms with Crippen molar-refractivity contribution in [2.24, 2.45) is 0 Å². The highest BCUT2D eigenvalue weighted by Crippen LogP contribution is 2.55. The Labute approximate surface area is 374 Å². The molecule has 63 heavy (non-hydrogen) atoms. The van der Waals surface area contributed by atoms with E-state index in [2.05, 4.69) is 213 Å². The van der Waals surface area contributed by atoms with E-state index in [1.807, 2.05) is 11.3 Å². The summed E-state index contributed by atoms with van der Waals surface area (Å²) in [5.74, 6) is 0.581. The Morgan fingerprint density at radius 2 is 1.03 bits per heavy atom. The molecule has 304 valence electrons. The lowest BCUT2D eigenvalue weighted by Gasteiger charge is -2.31. The predicted molar refractivity (Wildman–Crippen MR) is 271 cm³/mol. The molecule has 2 heteroatoms. The number of hydrogen-bond donors (Lipinski definition) is 0. The molecule has 1 fully saturated rings. The monoisotopic (exact) mass is 827 g/mol. The maximum Gasteiger partial charge on any atom is 0.0540 e. The number of thiophene rings is 1. The number of nitrogens with zero attached hydrogens (tertiary/aromatic N) is 1. The van der Waals surface area contributed by atoms with Gasteiger partial charge < -0.3 is 4.90 Å². The molecule has 2 aliphatic carbocycles. The van der Waals surface area contributed by atoms with Crippen molar-refractivity contribution in [2.75, 3.05) is 4.90 Å². The second-order valence-corrected chi connectivity index (χ2v) is 19.2. The van der Waals surface area contributed by atoms with Crippen molar-refractivity contribution in [3.05, 3.63) is 211 Å². The van der Waals surface area contributed by atoms with E-state index in [-0.39, 0.29) is 5.41 Å². The molecule has 0 N–H and O–H groups in total. The fourth-order valence-corrected chi connectivity index (χ4v) is 12.5. The third kappa shape index (κ3) is 6.18. The highest BCUT2D eigenvalue weighted by atomic mass is 32.1. The molecule has 9 aromatic carbocycles. The van der Waals surface area contributed by atoms with E-state index < -0.39 is 0 Å². The molecule has 1 saturated carbocycles. The summed E-state index contributed by atoms with van der Waals surface area (Å²) in [5.41, 5.74) is 17.8. The second kappa shape index (κ2) is 15.3. The van der Waals surface area contributed by atoms with Gasteiger partial charge in [-0.15, -0.1) is 11.3 Å². The van der Waals surface area contributed by atoms with Crippen molar-refractivity contribution in [1.29, 1.82) is 0 Å². The van der Waals surface area contributed by atoms with E-state index in [0.29, 0.717) is 5.92 Å². The number of rotatable bonds is 7. The number of para-hydroxylation sites is 2. The largest absolute Gasteiger partial charge is 0.309 e. The molecule has 12 rings (SSSR count). The lowest BCUT2D eigenvalue weighted by atomic mass is 9.80. The summed E-state index contributed by atoms with van der Waals surface area (Å²) < 4.78 is 2.67. The fraction of sp³-hybridized carbons (Fsp3) is 0.148. The highest BCUT2D eigenvalue weighted by Gasteiger charge is 2.37. The van der Waals surface area contributed by atoms with Gasteiger partial charge in [0.05, 0.1) is 11.4 Å². The summed E-state index contributed by atoms with van der Waals surface area (Å²) in [6.07, 6.45) is 6.48. The van der Waals surface area contributed by atoms with E-state index >= 15 is 0 Å². The molecule has 10 aromatic rings. The quantitative estimate of drug-likeness (QED) is 0.155. The summed E-state index contributed by atoms with van der Waals surface area (Å²) >= 11 is 1.89. The van der Waals surface area contributed by atoms with Crippen LogP contribution in [0.15, 0.2) is 194 Å². The minimum absolute atomic E-state index is 0.0966. The lowest BCUT2D eigenvalue weighted by Crippen LogP contribution is -2.15. The van der Waals surface area contributed by atoms with Gasteiger partial charge in [0.15, 0.2) is 0 Å². The van der Waals surface area contributed by atoms with Crippen LogP contribution < -0.4 is 4.90 Å². The zero-order valence-corrected chi connectivity index (χ0v) is 36.8. The Balaban J connectivity index is 1.08. The molecule has 0 aliphatic heterocycles. The summed E-state index contributed by atoms with van der Waals surface area (Å²) in [4.78, 5) is 2.54. The van der Waals surface area contributed by atoms with Gasteiger partial charge in [0.2, 0.25) is 0 Å². The highest BCUT2D eigenvalue weighted by molar-refractivity contribution is 7.26. The van der Waals surface area contributed by atoms with Crippen molar-refractivity contribution in [2.45, 2.75) is 57.3 Å². The summed E-state index contributed by atoms with van der Waals surface area (Å²) in [6.45, 7) is 4.76. The Bertz CT molecular complexity index is 3360. The first kappa shape index (κ1) is 38.0. The topological polar surface area (TPSA) is 3.24 Å². The molecular formula is C61H49NS. The zero-order valence-electron chi connectivity index (χ0n) is 35.9. The van der Waals surface area contributed by atoms with Crippen molar-refractivity contribution in [3.8, 4) is 44.5 Å². The average Bonchev–Trinajstić information content (AvgIpc) is 3.84. The van der Waals surface area contributed by atoms with E-state index in [4.69, 9.17) is 0 Å². The molecule has 0 bridgehead atoms. The third-order valence-corrected chi connectivity index (χ3v) is 15.5. The smallest absolute Gasteiger partial charge is 0.0540 e. The SMILES string of the molecule is CC1(C)c2ccccc2-c2c(-c3ccccc3N(c3ccc(-c4cccc5c4sc4ccccc45)cc3)c3ccccc3-c3cccc4cccc(C5CCCCC5)c34)cccc21. The van der Waals surface area contributed by atoms with Crippen LogP contribution in [-0.2, 0) is 5.41 Å². The summed E-state index contributed by atoms with van der Waals surface area (Å²) in [7, 11) is 0. The Kier molecular flexibility index (Phi) is 9.20. The molecule has 1 nitrogen and oxygen atoms in total. The van der Waals surface area contributed by atoms with Gasteiger partial charge in [-0.1, -0.05) is 197 Å². The van der Waals surface area contributed by atoms with Crippen LogP contribution in [0.2, 0.25) is 0 Å². The maximum absolute atomic E-state index is 2.54. The molecular weight excluding hydrogens is 779 g/mol. The van der Waals surface area contributed by atoms with Gasteiger partial charge in [-0.05, 0) is 110 Å². The van der Waals surface area contributed by atoms with Gasteiger partial charge in [-0.25, -0.2) is 0 Å². The minimum Gasteiger partial charge on any atom is -0.309 e. The molecule has 0 atom stereocenters. The van der Waals surface area contributed by atoms with Crippen molar-refractivity contribution in [1.82, 2.24) is 0 Å². The predicted octanol–water partition coefficient (Wildman–Crippen LogP) is 18.0. The van der Waals surface area contributed by atoms with Gasteiger partial charge in [-0.3, -0.25) is 0 Å². The molecule has 1 aromatic heterocycles. The molecule has 0 amide bonds. The molecule has 0 saturated heterocycles. The maximum atomic E-state index is 2.54. The van der Waals surface area contributed by atoms with E-state index in [1.54, 1.807) is 0 Å². The zero-order chi connectivity index (χ0) is 42.1. The Hall–Kier alpha value is -6.74. The lowest BCUT2D eigenvalue weighted by molar-refractivity contribution is 0.445. The first-order valence-corrected chi connectivity index (χ1v) is 23.6. The molecule has 0 spiro atoms. The van der Waals surface area contributed by atoms with Gasteiger partial charge in [0.25, 0.3) is 0 Å². The van der Waals surface area contributed by atoms with Gasteiger partial charge in [0, 0.05) is 42.4 Å². The summed E-state index contributed by atoms with van der Waals surface area (Å²) in [6, 6.07) is 73.1. The van der Waals surface area contributed by atoms with E-state index in [0.717, 1.165) is 11.4 Å². The van der Waals surface area contributed by atoms with Crippen LogP contribution in [0, 0.1) is 0 Å². The van der Waals surface area contributed by atoms with E-state index in [1.165, 1.54) is 130 Å². The van der Waals surface area contributed by atoms with Crippen molar-refractivity contribution < 1.29 is 0 Å². The van der Waals surface area contributed by atoms with Gasteiger partial charge >= 0.3 is 0 Å². The van der Waals surface area contributed by atoms with Gasteiger partial charge in [0.1, 0.15) is 0 Å². The van der Waals surface area contributed by atoms with Crippen LogP contribution in [-0.4, -0.2) is 0 Å². The van der Waals surface area contributed by atoms with Gasteiger partial charge in [-0.2, -0.15) is 0 Å². The first-order valence-electron chi connectivity index (χ1n) is 22.8. The summed E-state index contributed by atoms with van der Waals surface area (Å²) in [5, 5.41) is 5.37. The second-order valence-electron chi connectivity index (χ2n) is 18.2. The Morgan fingerprint density at radius 1 is 0.460 bits per heavy atom. The third-order valence-electron chi connectivity index (χ3n) is 14.3. The van der Waals surface area contributed by atoms with Crippen LogP contribution in [0.25, 0.3) is 75.5 Å². The fourth-order valence-electron chi connectivity index (χ4n) is 11.3. The van der Waals surface area contributed by atoms with Crippen LogP contribution in [0.1, 0.15) is 68.6 Å².